The van der Waals surface area contributed by atoms with Gasteiger partial charge in [0.05, 0.1) is 11.6 Å². The van der Waals surface area contributed by atoms with Crippen LogP contribution < -0.4 is 4.74 Å². The van der Waals surface area contributed by atoms with Gasteiger partial charge in [0.2, 0.25) is 0 Å². The zero-order valence-electron chi connectivity index (χ0n) is 9.72. The zero-order chi connectivity index (χ0) is 13.0. The van der Waals surface area contributed by atoms with Crippen molar-refractivity contribution >= 4 is 21.9 Å². The minimum Gasteiger partial charge on any atom is -0.496 e. The van der Waals surface area contributed by atoms with Gasteiger partial charge in [-0.25, -0.2) is 4.39 Å². The number of aryl methyl sites for hydroxylation is 1. The molecule has 0 aliphatic heterocycles. The molecule has 0 atom stereocenters. The van der Waals surface area contributed by atoms with Crippen LogP contribution in [0.3, 0.4) is 0 Å². The molecule has 0 bridgehead atoms. The fraction of sp³-hybridized carbons (Fsp3) is 0.417. The number of benzene rings is 1. The monoisotopic (exact) mass is 304 g/mol. The molecule has 94 valence electrons. The third-order valence-corrected chi connectivity index (χ3v) is 3.09. The number of methoxy groups -OCH3 is 1. The van der Waals surface area contributed by atoms with Crippen molar-refractivity contribution in [1.29, 1.82) is 0 Å². The molecule has 0 fully saturated rings. The maximum absolute atomic E-state index is 13.6. The van der Waals surface area contributed by atoms with Crippen LogP contribution in [0.1, 0.15) is 24.0 Å². The Balaban J connectivity index is 2.94. The first-order valence-electron chi connectivity index (χ1n) is 5.20. The average Bonchev–Trinajstić information content (AvgIpc) is 2.26. The summed E-state index contributed by atoms with van der Waals surface area (Å²) in [6.07, 6.45) is 1.15. The molecule has 1 aromatic carbocycles. The fourth-order valence-electron chi connectivity index (χ4n) is 1.70. The summed E-state index contributed by atoms with van der Waals surface area (Å²) in [5, 5.41) is 8.57. The van der Waals surface area contributed by atoms with E-state index in [0.29, 0.717) is 28.6 Å². The van der Waals surface area contributed by atoms with Crippen LogP contribution in [0.4, 0.5) is 4.39 Å². The van der Waals surface area contributed by atoms with E-state index in [9.17, 15) is 9.18 Å². The normalized spacial score (nSPS) is 10.4. The molecule has 0 heterocycles. The summed E-state index contributed by atoms with van der Waals surface area (Å²) >= 11 is 3.13. The SMILES string of the molecule is COc1c(CCCC(=O)O)cc(Br)c(F)c1C. The molecule has 0 spiro atoms. The molecule has 0 amide bonds. The Morgan fingerprint density at radius 1 is 1.59 bits per heavy atom. The van der Waals surface area contributed by atoms with Gasteiger partial charge in [-0.15, -0.1) is 0 Å². The Bertz CT molecular complexity index is 432. The molecule has 3 nitrogen and oxygen atoms in total. The van der Waals surface area contributed by atoms with E-state index in [1.54, 1.807) is 13.0 Å². The summed E-state index contributed by atoms with van der Waals surface area (Å²) in [5.41, 5.74) is 1.26. The van der Waals surface area contributed by atoms with Crippen LogP contribution in [-0.2, 0) is 11.2 Å². The minimum absolute atomic E-state index is 0.0944. The van der Waals surface area contributed by atoms with Crippen LogP contribution in [0.25, 0.3) is 0 Å². The van der Waals surface area contributed by atoms with Crippen molar-refractivity contribution in [3.8, 4) is 5.75 Å². The maximum atomic E-state index is 13.6. The first-order valence-corrected chi connectivity index (χ1v) is 6.00. The van der Waals surface area contributed by atoms with Gasteiger partial charge in [0.25, 0.3) is 0 Å². The Morgan fingerprint density at radius 2 is 2.24 bits per heavy atom. The molecule has 0 aliphatic rings. The lowest BCUT2D eigenvalue weighted by molar-refractivity contribution is -0.137. The van der Waals surface area contributed by atoms with Gasteiger partial charge in [-0.2, -0.15) is 0 Å². The average molecular weight is 305 g/mol. The van der Waals surface area contributed by atoms with Crippen LogP contribution in [0.5, 0.6) is 5.75 Å². The van der Waals surface area contributed by atoms with Crippen molar-refractivity contribution in [2.75, 3.05) is 7.11 Å². The van der Waals surface area contributed by atoms with Crippen molar-refractivity contribution in [2.45, 2.75) is 26.2 Å². The van der Waals surface area contributed by atoms with E-state index < -0.39 is 5.97 Å². The molecule has 0 unspecified atom stereocenters. The summed E-state index contributed by atoms with van der Waals surface area (Å²) in [5.74, 6) is -0.679. The van der Waals surface area contributed by atoms with Crippen LogP contribution in [0.15, 0.2) is 10.5 Å². The highest BCUT2D eigenvalue weighted by Crippen LogP contribution is 2.32. The van der Waals surface area contributed by atoms with Crippen LogP contribution >= 0.6 is 15.9 Å². The molecule has 0 saturated carbocycles. The molecule has 0 aliphatic carbocycles. The Morgan fingerprint density at radius 3 is 2.76 bits per heavy atom. The van der Waals surface area contributed by atoms with Crippen LogP contribution in [0.2, 0.25) is 0 Å². The number of halogens is 2. The second-order valence-corrected chi connectivity index (χ2v) is 4.59. The summed E-state index contributed by atoms with van der Waals surface area (Å²) in [6.45, 7) is 1.64. The lowest BCUT2D eigenvalue weighted by Crippen LogP contribution is -2.01. The first kappa shape index (κ1) is 14.0. The van der Waals surface area contributed by atoms with Crippen molar-refractivity contribution in [3.05, 3.63) is 27.5 Å². The lowest BCUT2D eigenvalue weighted by Gasteiger charge is -2.13. The highest BCUT2D eigenvalue weighted by atomic mass is 79.9. The number of hydrogen-bond acceptors (Lipinski definition) is 2. The third kappa shape index (κ3) is 3.43. The molecule has 5 heteroatoms. The van der Waals surface area contributed by atoms with Gasteiger partial charge < -0.3 is 9.84 Å². The molecule has 1 aromatic rings. The molecular weight excluding hydrogens is 291 g/mol. The van der Waals surface area contributed by atoms with Gasteiger partial charge in [0.1, 0.15) is 11.6 Å². The fourth-order valence-corrected chi connectivity index (χ4v) is 2.28. The maximum Gasteiger partial charge on any atom is 0.303 e. The largest absolute Gasteiger partial charge is 0.496 e. The van der Waals surface area contributed by atoms with Crippen molar-refractivity contribution in [2.24, 2.45) is 0 Å². The number of carboxylic acids is 1. The van der Waals surface area contributed by atoms with Gasteiger partial charge in [0, 0.05) is 12.0 Å². The molecule has 0 radical (unpaired) electrons. The minimum atomic E-state index is -0.832. The van der Waals surface area contributed by atoms with Gasteiger partial charge in [-0.1, -0.05) is 0 Å². The summed E-state index contributed by atoms with van der Waals surface area (Å²) < 4.78 is 19.1. The standard InChI is InChI=1S/C12H14BrFO3/c1-7-11(14)9(13)6-8(12(7)17-2)4-3-5-10(15)16/h6H,3-5H2,1-2H3,(H,15,16). The molecule has 0 aromatic heterocycles. The van der Waals surface area contributed by atoms with Crippen LogP contribution in [0, 0.1) is 12.7 Å². The molecule has 17 heavy (non-hydrogen) atoms. The molecule has 1 rings (SSSR count). The first-order chi connectivity index (χ1) is 7.97. The van der Waals surface area contributed by atoms with Crippen molar-refractivity contribution < 1.29 is 19.0 Å². The number of carboxylic acid groups (broad SMARTS) is 1. The number of ether oxygens (including phenoxy) is 1. The lowest BCUT2D eigenvalue weighted by atomic mass is 10.0. The quantitative estimate of drug-likeness (QED) is 0.908. The number of hydrogen-bond donors (Lipinski definition) is 1. The Labute approximate surface area is 108 Å². The third-order valence-electron chi connectivity index (χ3n) is 2.51. The molecule has 1 N–H and O–H groups in total. The van der Waals surface area contributed by atoms with Gasteiger partial charge >= 0.3 is 5.97 Å². The van der Waals surface area contributed by atoms with Crippen LogP contribution in [-0.4, -0.2) is 18.2 Å². The smallest absolute Gasteiger partial charge is 0.303 e. The van der Waals surface area contributed by atoms with E-state index in [1.165, 1.54) is 7.11 Å². The predicted molar refractivity (Wildman–Crippen MR) is 66.0 cm³/mol. The Hall–Kier alpha value is -1.10. The predicted octanol–water partition coefficient (Wildman–Crippen LogP) is 3.31. The van der Waals surface area contributed by atoms with E-state index in [4.69, 9.17) is 9.84 Å². The van der Waals surface area contributed by atoms with Gasteiger partial charge in [0.15, 0.2) is 0 Å². The van der Waals surface area contributed by atoms with E-state index >= 15 is 0 Å². The Kier molecular flexibility index (Phi) is 4.93. The summed E-state index contributed by atoms with van der Waals surface area (Å²) in [7, 11) is 1.48. The number of rotatable bonds is 5. The van der Waals surface area contributed by atoms with Gasteiger partial charge in [-0.3, -0.25) is 4.79 Å². The van der Waals surface area contributed by atoms with E-state index in [2.05, 4.69) is 15.9 Å². The van der Waals surface area contributed by atoms with Crippen molar-refractivity contribution in [1.82, 2.24) is 0 Å². The second kappa shape index (κ2) is 6.00. The van der Waals surface area contributed by atoms with Gasteiger partial charge in [-0.05, 0) is 47.3 Å². The number of carbonyl (C=O) groups is 1. The van der Waals surface area contributed by atoms with Crippen molar-refractivity contribution in [3.63, 3.8) is 0 Å². The van der Waals surface area contributed by atoms with E-state index in [-0.39, 0.29) is 12.2 Å². The molecule has 0 saturated heterocycles. The highest BCUT2D eigenvalue weighted by molar-refractivity contribution is 9.10. The second-order valence-electron chi connectivity index (χ2n) is 3.74. The van der Waals surface area contributed by atoms with E-state index in [1.807, 2.05) is 0 Å². The summed E-state index contributed by atoms with van der Waals surface area (Å²) in [6, 6.07) is 1.64. The van der Waals surface area contributed by atoms with E-state index in [0.717, 1.165) is 5.56 Å². The summed E-state index contributed by atoms with van der Waals surface area (Å²) in [4.78, 5) is 10.4. The highest BCUT2D eigenvalue weighted by Gasteiger charge is 2.14. The number of aliphatic carboxylic acids is 1. The molecular formula is C12H14BrFO3. The zero-order valence-corrected chi connectivity index (χ0v) is 11.3. The topological polar surface area (TPSA) is 46.5 Å².